The first-order valence-corrected chi connectivity index (χ1v) is 5.04. The van der Waals surface area contributed by atoms with Gasteiger partial charge in [0.05, 0.1) is 5.69 Å². The van der Waals surface area contributed by atoms with Gasteiger partial charge in [0.2, 0.25) is 0 Å². The van der Waals surface area contributed by atoms with Gasteiger partial charge in [0.15, 0.2) is 0 Å². The predicted molar refractivity (Wildman–Crippen MR) is 56.5 cm³/mol. The molecule has 0 atom stereocenters. The molecule has 0 saturated heterocycles. The smallest absolute Gasteiger partial charge is 0.0586 e. The fraction of sp³-hybridized carbons (Fsp3) is 0.636. The third kappa shape index (κ3) is 6.26. The molecule has 0 saturated carbocycles. The molecule has 1 heterocycles. The average molecular weight is 180 g/mol. The van der Waals surface area contributed by atoms with Gasteiger partial charge in [-0.25, -0.2) is 0 Å². The highest BCUT2D eigenvalue weighted by atomic mass is 14.8. The van der Waals surface area contributed by atoms with Crippen molar-refractivity contribution in [1.82, 2.24) is 9.97 Å². The Labute approximate surface area is 81.4 Å². The molecule has 0 bridgehead atoms. The summed E-state index contributed by atoms with van der Waals surface area (Å²) >= 11 is 0. The van der Waals surface area contributed by atoms with Crippen molar-refractivity contribution in [1.29, 1.82) is 0 Å². The minimum atomic E-state index is 0.747. The Bertz CT molecular complexity index is 195. The SMILES string of the molecule is CC.CC(C)CCc1cnccn1. The molecular weight excluding hydrogens is 160 g/mol. The van der Waals surface area contributed by atoms with Crippen LogP contribution in [0.1, 0.15) is 39.8 Å². The molecule has 0 radical (unpaired) electrons. The molecule has 0 aliphatic rings. The maximum Gasteiger partial charge on any atom is 0.0586 e. The highest BCUT2D eigenvalue weighted by Crippen LogP contribution is 2.04. The molecule has 0 aliphatic carbocycles. The van der Waals surface area contributed by atoms with Crippen molar-refractivity contribution in [2.24, 2.45) is 5.92 Å². The van der Waals surface area contributed by atoms with E-state index in [1.807, 2.05) is 20.0 Å². The summed E-state index contributed by atoms with van der Waals surface area (Å²) in [6.45, 7) is 8.44. The Morgan fingerprint density at radius 3 is 2.38 bits per heavy atom. The van der Waals surface area contributed by atoms with Gasteiger partial charge in [-0.05, 0) is 18.8 Å². The Hall–Kier alpha value is -0.920. The standard InChI is InChI=1S/C9H14N2.C2H6/c1-8(2)3-4-9-7-10-5-6-11-9;1-2/h5-8H,3-4H2,1-2H3;1-2H3. The van der Waals surface area contributed by atoms with Crippen molar-refractivity contribution < 1.29 is 0 Å². The van der Waals surface area contributed by atoms with E-state index >= 15 is 0 Å². The predicted octanol–water partition coefficient (Wildman–Crippen LogP) is 3.09. The molecule has 0 spiro atoms. The summed E-state index contributed by atoms with van der Waals surface area (Å²) in [4.78, 5) is 8.19. The quantitative estimate of drug-likeness (QED) is 0.714. The van der Waals surface area contributed by atoms with Gasteiger partial charge in [0, 0.05) is 18.6 Å². The van der Waals surface area contributed by atoms with Gasteiger partial charge in [-0.3, -0.25) is 9.97 Å². The summed E-state index contributed by atoms with van der Waals surface area (Å²) in [6.07, 6.45) is 7.53. The summed E-state index contributed by atoms with van der Waals surface area (Å²) in [6, 6.07) is 0. The average Bonchev–Trinajstić information content (AvgIpc) is 2.19. The molecule has 0 amide bonds. The van der Waals surface area contributed by atoms with Crippen molar-refractivity contribution in [2.75, 3.05) is 0 Å². The third-order valence-corrected chi connectivity index (χ3v) is 1.59. The van der Waals surface area contributed by atoms with Gasteiger partial charge in [-0.1, -0.05) is 27.7 Å². The maximum absolute atomic E-state index is 4.19. The second kappa shape index (κ2) is 7.71. The molecular formula is C11H20N2. The topological polar surface area (TPSA) is 25.8 Å². The zero-order chi connectivity index (χ0) is 10.1. The lowest BCUT2D eigenvalue weighted by Crippen LogP contribution is -1.94. The number of aryl methyl sites for hydroxylation is 1. The van der Waals surface area contributed by atoms with E-state index in [-0.39, 0.29) is 0 Å². The molecule has 0 fully saturated rings. The van der Waals surface area contributed by atoms with E-state index in [0.29, 0.717) is 0 Å². The van der Waals surface area contributed by atoms with E-state index < -0.39 is 0 Å². The fourth-order valence-electron chi connectivity index (χ4n) is 0.896. The van der Waals surface area contributed by atoms with Crippen molar-refractivity contribution >= 4 is 0 Å². The lowest BCUT2D eigenvalue weighted by atomic mass is 10.1. The van der Waals surface area contributed by atoms with Crippen LogP contribution in [0, 0.1) is 5.92 Å². The van der Waals surface area contributed by atoms with E-state index in [1.165, 1.54) is 6.42 Å². The van der Waals surface area contributed by atoms with E-state index in [4.69, 9.17) is 0 Å². The minimum absolute atomic E-state index is 0.747. The van der Waals surface area contributed by atoms with Crippen molar-refractivity contribution in [3.63, 3.8) is 0 Å². The van der Waals surface area contributed by atoms with Gasteiger partial charge in [0.25, 0.3) is 0 Å². The molecule has 1 rings (SSSR count). The number of aromatic nitrogens is 2. The Morgan fingerprint density at radius 2 is 1.92 bits per heavy atom. The molecule has 2 heteroatoms. The molecule has 0 unspecified atom stereocenters. The van der Waals surface area contributed by atoms with Crippen molar-refractivity contribution in [2.45, 2.75) is 40.5 Å². The van der Waals surface area contributed by atoms with Gasteiger partial charge in [-0.2, -0.15) is 0 Å². The van der Waals surface area contributed by atoms with Crippen LogP contribution >= 0.6 is 0 Å². The normalized spacial score (nSPS) is 9.31. The summed E-state index contributed by atoms with van der Waals surface area (Å²) < 4.78 is 0. The number of hydrogen-bond acceptors (Lipinski definition) is 2. The van der Waals surface area contributed by atoms with Crippen LogP contribution in [-0.4, -0.2) is 9.97 Å². The minimum Gasteiger partial charge on any atom is -0.261 e. The highest BCUT2D eigenvalue weighted by molar-refractivity contribution is 4.94. The van der Waals surface area contributed by atoms with E-state index in [9.17, 15) is 0 Å². The van der Waals surface area contributed by atoms with Gasteiger partial charge < -0.3 is 0 Å². The van der Waals surface area contributed by atoms with E-state index in [2.05, 4.69) is 23.8 Å². The molecule has 13 heavy (non-hydrogen) atoms. The maximum atomic E-state index is 4.19. The summed E-state index contributed by atoms with van der Waals surface area (Å²) in [7, 11) is 0. The molecule has 0 aliphatic heterocycles. The van der Waals surface area contributed by atoms with Crippen LogP contribution in [-0.2, 0) is 6.42 Å². The first kappa shape index (κ1) is 12.1. The molecule has 0 aromatic carbocycles. The Balaban J connectivity index is 0.000000671. The monoisotopic (exact) mass is 180 g/mol. The van der Waals surface area contributed by atoms with Crippen LogP contribution in [0.5, 0.6) is 0 Å². The largest absolute Gasteiger partial charge is 0.261 e. The van der Waals surface area contributed by atoms with Gasteiger partial charge in [0.1, 0.15) is 0 Å². The lowest BCUT2D eigenvalue weighted by Gasteiger charge is -2.01. The summed E-state index contributed by atoms with van der Waals surface area (Å²) in [5.41, 5.74) is 1.10. The number of nitrogens with zero attached hydrogens (tertiary/aromatic N) is 2. The first-order valence-electron chi connectivity index (χ1n) is 5.04. The fourth-order valence-corrected chi connectivity index (χ4v) is 0.896. The van der Waals surface area contributed by atoms with Crippen LogP contribution in [0.3, 0.4) is 0 Å². The molecule has 1 aromatic rings. The second-order valence-electron chi connectivity index (χ2n) is 3.13. The molecule has 0 N–H and O–H groups in total. The van der Waals surface area contributed by atoms with Crippen LogP contribution in [0.15, 0.2) is 18.6 Å². The lowest BCUT2D eigenvalue weighted by molar-refractivity contribution is 0.580. The summed E-state index contributed by atoms with van der Waals surface area (Å²) in [5.74, 6) is 0.747. The van der Waals surface area contributed by atoms with E-state index in [0.717, 1.165) is 18.0 Å². The molecule has 74 valence electrons. The zero-order valence-corrected chi connectivity index (χ0v) is 9.12. The van der Waals surface area contributed by atoms with Gasteiger partial charge >= 0.3 is 0 Å². The van der Waals surface area contributed by atoms with Crippen LogP contribution in [0.4, 0.5) is 0 Å². The van der Waals surface area contributed by atoms with Crippen molar-refractivity contribution in [3.05, 3.63) is 24.3 Å². The van der Waals surface area contributed by atoms with Crippen LogP contribution in [0.25, 0.3) is 0 Å². The molecule has 1 aromatic heterocycles. The molecule has 2 nitrogen and oxygen atoms in total. The van der Waals surface area contributed by atoms with Gasteiger partial charge in [-0.15, -0.1) is 0 Å². The summed E-state index contributed by atoms with van der Waals surface area (Å²) in [5, 5.41) is 0. The number of rotatable bonds is 3. The zero-order valence-electron chi connectivity index (χ0n) is 9.12. The van der Waals surface area contributed by atoms with E-state index in [1.54, 1.807) is 12.4 Å². The second-order valence-corrected chi connectivity index (χ2v) is 3.13. The first-order chi connectivity index (χ1) is 6.29. The van der Waals surface area contributed by atoms with Crippen LogP contribution in [0.2, 0.25) is 0 Å². The number of hydrogen-bond donors (Lipinski definition) is 0. The Kier molecular flexibility index (Phi) is 7.17. The third-order valence-electron chi connectivity index (χ3n) is 1.59. The highest BCUT2D eigenvalue weighted by Gasteiger charge is 1.96. The Morgan fingerprint density at radius 1 is 1.23 bits per heavy atom. The van der Waals surface area contributed by atoms with Crippen molar-refractivity contribution in [3.8, 4) is 0 Å². The van der Waals surface area contributed by atoms with Crippen LogP contribution < -0.4 is 0 Å².